The smallest absolute Gasteiger partial charge is 0.229 e. The van der Waals surface area contributed by atoms with Crippen molar-refractivity contribution in [1.82, 2.24) is 4.90 Å². The monoisotopic (exact) mass is 247 g/mol. The van der Waals surface area contributed by atoms with Crippen LogP contribution in [0.3, 0.4) is 0 Å². The van der Waals surface area contributed by atoms with Gasteiger partial charge in [-0.05, 0) is 5.41 Å². The molecular weight excluding hydrogens is 230 g/mol. The van der Waals surface area contributed by atoms with E-state index >= 15 is 0 Å². The highest BCUT2D eigenvalue weighted by atomic mass is 35.5. The van der Waals surface area contributed by atoms with E-state index in [1.807, 2.05) is 13.8 Å². The molecule has 0 bridgehead atoms. The summed E-state index contributed by atoms with van der Waals surface area (Å²) < 4.78 is 5.16. The molecule has 0 aliphatic carbocycles. The van der Waals surface area contributed by atoms with Gasteiger partial charge in [-0.1, -0.05) is 13.8 Å². The summed E-state index contributed by atoms with van der Waals surface area (Å²) in [5.74, 6) is 0.223. The van der Waals surface area contributed by atoms with E-state index in [4.69, 9.17) is 16.3 Å². The van der Waals surface area contributed by atoms with Crippen LogP contribution in [0.1, 0.15) is 26.7 Å². The van der Waals surface area contributed by atoms with E-state index in [1.165, 1.54) is 4.90 Å². The van der Waals surface area contributed by atoms with Gasteiger partial charge < -0.3 is 4.74 Å². The molecule has 0 N–H and O–H groups in total. The van der Waals surface area contributed by atoms with E-state index in [0.29, 0.717) is 38.5 Å². The topological polar surface area (TPSA) is 46.6 Å². The Balaban J connectivity index is 2.42. The summed E-state index contributed by atoms with van der Waals surface area (Å²) >= 11 is 5.45. The molecule has 0 aromatic heterocycles. The van der Waals surface area contributed by atoms with Crippen LogP contribution in [0.5, 0.6) is 0 Å². The highest BCUT2D eigenvalue weighted by Gasteiger charge is 2.36. The predicted molar refractivity (Wildman–Crippen MR) is 61.3 cm³/mol. The molecule has 1 heterocycles. The van der Waals surface area contributed by atoms with Gasteiger partial charge in [0.25, 0.3) is 0 Å². The molecule has 5 heteroatoms. The lowest BCUT2D eigenvalue weighted by Crippen LogP contribution is -2.47. The molecule has 0 atom stereocenters. The van der Waals surface area contributed by atoms with Crippen molar-refractivity contribution in [2.24, 2.45) is 5.41 Å². The van der Waals surface area contributed by atoms with Gasteiger partial charge in [0.15, 0.2) is 0 Å². The van der Waals surface area contributed by atoms with Gasteiger partial charge in [-0.2, -0.15) is 0 Å². The molecule has 0 radical (unpaired) electrons. The zero-order valence-corrected chi connectivity index (χ0v) is 10.5. The first-order chi connectivity index (χ1) is 7.46. The van der Waals surface area contributed by atoms with Crippen molar-refractivity contribution >= 4 is 23.4 Å². The third-order valence-electron chi connectivity index (χ3n) is 2.54. The minimum atomic E-state index is -0.207. The zero-order chi connectivity index (χ0) is 12.2. The van der Waals surface area contributed by atoms with Gasteiger partial charge in [0.05, 0.1) is 19.8 Å². The number of ether oxygens (including phenoxy) is 1. The molecule has 16 heavy (non-hydrogen) atoms. The Labute approximate surface area is 101 Å². The van der Waals surface area contributed by atoms with Crippen LogP contribution in [0, 0.1) is 5.41 Å². The van der Waals surface area contributed by atoms with Crippen LogP contribution in [-0.4, -0.2) is 42.4 Å². The van der Waals surface area contributed by atoms with Gasteiger partial charge in [0, 0.05) is 18.7 Å². The zero-order valence-electron chi connectivity index (χ0n) is 9.79. The number of piperidine rings is 1. The largest absolute Gasteiger partial charge is 0.378 e. The Morgan fingerprint density at radius 1 is 1.25 bits per heavy atom. The number of amides is 2. The second-order valence-electron chi connectivity index (χ2n) is 4.76. The Kier molecular flexibility index (Phi) is 4.74. The Morgan fingerprint density at radius 2 is 1.81 bits per heavy atom. The maximum atomic E-state index is 11.7. The van der Waals surface area contributed by atoms with Crippen LogP contribution in [0.2, 0.25) is 0 Å². The van der Waals surface area contributed by atoms with Crippen molar-refractivity contribution in [3.63, 3.8) is 0 Å². The average Bonchev–Trinajstić information content (AvgIpc) is 2.13. The van der Waals surface area contributed by atoms with Crippen molar-refractivity contribution in [2.75, 3.05) is 25.6 Å². The number of nitrogens with zero attached hydrogens (tertiary/aromatic N) is 1. The Bertz CT molecular complexity index is 258. The third-order valence-corrected chi connectivity index (χ3v) is 2.70. The van der Waals surface area contributed by atoms with Crippen molar-refractivity contribution in [3.8, 4) is 0 Å². The number of hydrogen-bond donors (Lipinski definition) is 0. The summed E-state index contributed by atoms with van der Waals surface area (Å²) in [6, 6.07) is 0. The van der Waals surface area contributed by atoms with Gasteiger partial charge in [-0.25, -0.2) is 0 Å². The normalized spacial score (nSPS) is 20.3. The van der Waals surface area contributed by atoms with Crippen LogP contribution in [0.4, 0.5) is 0 Å². The molecule has 1 aliphatic heterocycles. The molecule has 0 aromatic rings. The fourth-order valence-corrected chi connectivity index (χ4v) is 1.88. The quantitative estimate of drug-likeness (QED) is 0.419. The van der Waals surface area contributed by atoms with E-state index in [-0.39, 0.29) is 17.2 Å². The molecule has 1 fully saturated rings. The van der Waals surface area contributed by atoms with Gasteiger partial charge >= 0.3 is 0 Å². The number of carbonyl (C=O) groups is 2. The van der Waals surface area contributed by atoms with Gasteiger partial charge in [0.1, 0.15) is 0 Å². The van der Waals surface area contributed by atoms with Crippen molar-refractivity contribution in [2.45, 2.75) is 26.7 Å². The number of rotatable bonds is 5. The minimum Gasteiger partial charge on any atom is -0.378 e. The molecule has 0 aromatic carbocycles. The molecular formula is C11H18ClNO3. The van der Waals surface area contributed by atoms with Crippen LogP contribution < -0.4 is 0 Å². The number of carbonyl (C=O) groups excluding carboxylic acids is 2. The van der Waals surface area contributed by atoms with Crippen LogP contribution in [0.15, 0.2) is 0 Å². The fraction of sp³-hybridized carbons (Fsp3) is 0.818. The average molecular weight is 248 g/mol. The predicted octanol–water partition coefficient (Wildman–Crippen LogP) is 1.42. The SMILES string of the molecule is CC1(C)CC(=O)N(CCOCCCl)C(=O)C1. The Morgan fingerprint density at radius 3 is 2.31 bits per heavy atom. The summed E-state index contributed by atoms with van der Waals surface area (Å²) in [4.78, 5) is 24.7. The maximum absolute atomic E-state index is 11.7. The van der Waals surface area contributed by atoms with Crippen molar-refractivity contribution in [1.29, 1.82) is 0 Å². The second kappa shape index (κ2) is 5.64. The highest BCUT2D eigenvalue weighted by Crippen LogP contribution is 2.31. The van der Waals surface area contributed by atoms with Crippen molar-refractivity contribution in [3.05, 3.63) is 0 Å². The van der Waals surface area contributed by atoms with E-state index in [1.54, 1.807) is 0 Å². The maximum Gasteiger partial charge on any atom is 0.229 e. The van der Waals surface area contributed by atoms with Gasteiger partial charge in [0.2, 0.25) is 11.8 Å². The van der Waals surface area contributed by atoms with Crippen LogP contribution in [-0.2, 0) is 14.3 Å². The molecule has 0 saturated carbocycles. The van der Waals surface area contributed by atoms with Crippen molar-refractivity contribution < 1.29 is 14.3 Å². The minimum absolute atomic E-state index is 0.101. The van der Waals surface area contributed by atoms with E-state index < -0.39 is 0 Å². The number of halogens is 1. The summed E-state index contributed by atoms with van der Waals surface area (Å²) in [5, 5.41) is 0. The molecule has 1 aliphatic rings. The number of likely N-dealkylation sites (tertiary alicyclic amines) is 1. The second-order valence-corrected chi connectivity index (χ2v) is 5.14. The third kappa shape index (κ3) is 3.76. The number of imide groups is 1. The van der Waals surface area contributed by atoms with Crippen LogP contribution >= 0.6 is 11.6 Å². The summed E-state index contributed by atoms with van der Waals surface area (Å²) in [6.07, 6.45) is 0.850. The molecule has 0 unspecified atom stereocenters. The number of hydrogen-bond acceptors (Lipinski definition) is 3. The first-order valence-electron chi connectivity index (χ1n) is 5.43. The summed E-state index contributed by atoms with van der Waals surface area (Å²) in [5.41, 5.74) is -0.207. The van der Waals surface area contributed by atoms with Crippen LogP contribution in [0.25, 0.3) is 0 Å². The van der Waals surface area contributed by atoms with E-state index in [9.17, 15) is 9.59 Å². The summed E-state index contributed by atoms with van der Waals surface area (Å²) in [7, 11) is 0. The number of alkyl halides is 1. The highest BCUT2D eigenvalue weighted by molar-refractivity contribution is 6.17. The molecule has 4 nitrogen and oxygen atoms in total. The molecule has 2 amide bonds. The van der Waals surface area contributed by atoms with E-state index in [2.05, 4.69) is 0 Å². The van der Waals surface area contributed by atoms with Gasteiger partial charge in [-0.15, -0.1) is 11.6 Å². The first-order valence-corrected chi connectivity index (χ1v) is 5.97. The lowest BCUT2D eigenvalue weighted by molar-refractivity contribution is -0.153. The lowest BCUT2D eigenvalue weighted by Gasteiger charge is -2.34. The molecule has 92 valence electrons. The molecule has 1 saturated heterocycles. The molecule has 1 rings (SSSR count). The van der Waals surface area contributed by atoms with E-state index in [0.717, 1.165) is 0 Å². The molecule has 0 spiro atoms. The first kappa shape index (κ1) is 13.5. The Hall–Kier alpha value is -0.610. The lowest BCUT2D eigenvalue weighted by atomic mass is 9.82. The van der Waals surface area contributed by atoms with Gasteiger partial charge in [-0.3, -0.25) is 14.5 Å². The standard InChI is InChI=1S/C11H18ClNO3/c1-11(2)7-9(14)13(10(15)8-11)4-6-16-5-3-12/h3-8H2,1-2H3. The fourth-order valence-electron chi connectivity index (χ4n) is 1.77. The summed E-state index contributed by atoms with van der Waals surface area (Å²) in [6.45, 7) is 5.02.